The van der Waals surface area contributed by atoms with Crippen LogP contribution in [0.1, 0.15) is 35.7 Å². The van der Waals surface area contributed by atoms with Crippen LogP contribution >= 0.6 is 0 Å². The third-order valence-corrected chi connectivity index (χ3v) is 5.83. The summed E-state index contributed by atoms with van der Waals surface area (Å²) in [6, 6.07) is 8.87. The van der Waals surface area contributed by atoms with Crippen LogP contribution in [0.15, 0.2) is 36.5 Å². The van der Waals surface area contributed by atoms with Crippen molar-refractivity contribution in [3.05, 3.63) is 53.3 Å². The van der Waals surface area contributed by atoms with Crippen LogP contribution in [0.4, 0.5) is 8.78 Å². The number of aromatic nitrogens is 1. The largest absolute Gasteiger partial charge is 0.454 e. The van der Waals surface area contributed by atoms with Gasteiger partial charge in [0.15, 0.2) is 11.5 Å². The van der Waals surface area contributed by atoms with Crippen molar-refractivity contribution in [1.82, 2.24) is 15.2 Å². The van der Waals surface area contributed by atoms with Crippen LogP contribution in [0, 0.1) is 12.8 Å². The fraction of sp³-hybridized carbons (Fsp3) is 0.455. The molecule has 1 N–H and O–H groups in total. The highest BCUT2D eigenvalue weighted by Crippen LogP contribution is 2.36. The first-order valence-electron chi connectivity index (χ1n) is 10.1. The standard InChI is InChI=1S/C22H25F2N3O3/c1-14-10-18-19(30-13-29-18)11-16(14)12-27-8-5-15(6-9-27)20(26-22(28)21(23)24)17-4-2-3-7-25-17/h2-4,7,10-11,15,20-21H,5-6,8-9,12-13H2,1H3,(H,26,28)/t20-/m1/s1. The van der Waals surface area contributed by atoms with Crippen LogP contribution in [0.2, 0.25) is 0 Å². The first kappa shape index (κ1) is 20.5. The lowest BCUT2D eigenvalue weighted by atomic mass is 9.87. The van der Waals surface area contributed by atoms with E-state index in [9.17, 15) is 13.6 Å². The Kier molecular flexibility index (Phi) is 6.13. The molecular weight excluding hydrogens is 392 g/mol. The lowest BCUT2D eigenvalue weighted by molar-refractivity contribution is -0.133. The maximum absolute atomic E-state index is 12.8. The number of likely N-dealkylation sites (tertiary alicyclic amines) is 1. The summed E-state index contributed by atoms with van der Waals surface area (Å²) in [4.78, 5) is 18.3. The van der Waals surface area contributed by atoms with Gasteiger partial charge in [-0.25, -0.2) is 0 Å². The lowest BCUT2D eigenvalue weighted by Crippen LogP contribution is -2.42. The number of piperidine rings is 1. The van der Waals surface area contributed by atoms with Crippen LogP contribution in [0.3, 0.4) is 0 Å². The minimum absolute atomic E-state index is 0.0525. The van der Waals surface area contributed by atoms with Gasteiger partial charge in [-0.15, -0.1) is 0 Å². The number of fused-ring (bicyclic) bond motifs is 1. The Morgan fingerprint density at radius 3 is 2.63 bits per heavy atom. The molecule has 0 bridgehead atoms. The van der Waals surface area contributed by atoms with Gasteiger partial charge in [0.1, 0.15) is 0 Å². The van der Waals surface area contributed by atoms with Crippen molar-refractivity contribution in [2.75, 3.05) is 19.9 Å². The molecule has 1 aromatic heterocycles. The second-order valence-electron chi connectivity index (χ2n) is 7.79. The van der Waals surface area contributed by atoms with Crippen molar-refractivity contribution in [1.29, 1.82) is 0 Å². The van der Waals surface area contributed by atoms with Gasteiger partial charge in [-0.3, -0.25) is 14.7 Å². The number of rotatable bonds is 6. The van der Waals surface area contributed by atoms with Gasteiger partial charge in [0, 0.05) is 12.7 Å². The Morgan fingerprint density at radius 1 is 1.23 bits per heavy atom. The van der Waals surface area contributed by atoms with Crippen LogP contribution in [-0.2, 0) is 11.3 Å². The van der Waals surface area contributed by atoms with Crippen molar-refractivity contribution in [2.45, 2.75) is 38.8 Å². The molecule has 0 saturated carbocycles. The number of hydrogen-bond acceptors (Lipinski definition) is 5. The molecule has 8 heteroatoms. The lowest BCUT2D eigenvalue weighted by Gasteiger charge is -2.36. The number of nitrogens with one attached hydrogen (secondary N) is 1. The molecular formula is C22H25F2N3O3. The van der Waals surface area contributed by atoms with E-state index in [1.165, 1.54) is 5.56 Å². The molecule has 0 radical (unpaired) electrons. The molecule has 1 saturated heterocycles. The average Bonchev–Trinajstić information content (AvgIpc) is 3.20. The van der Waals surface area contributed by atoms with Gasteiger partial charge in [0.25, 0.3) is 5.91 Å². The maximum Gasteiger partial charge on any atom is 0.315 e. The number of halogens is 2. The van der Waals surface area contributed by atoms with Gasteiger partial charge in [-0.1, -0.05) is 6.07 Å². The summed E-state index contributed by atoms with van der Waals surface area (Å²) in [6.07, 6.45) is 0.155. The van der Waals surface area contributed by atoms with Crippen LogP contribution in [0.25, 0.3) is 0 Å². The zero-order chi connectivity index (χ0) is 21.1. The predicted octanol–water partition coefficient (Wildman–Crippen LogP) is 3.45. The molecule has 1 atom stereocenters. The number of benzene rings is 1. The Balaban J connectivity index is 1.41. The number of hydrogen-bond donors (Lipinski definition) is 1. The summed E-state index contributed by atoms with van der Waals surface area (Å²) in [6.45, 7) is 4.72. The van der Waals surface area contributed by atoms with E-state index >= 15 is 0 Å². The molecule has 160 valence electrons. The molecule has 1 fully saturated rings. The zero-order valence-electron chi connectivity index (χ0n) is 16.8. The molecule has 4 rings (SSSR count). The topological polar surface area (TPSA) is 63.7 Å². The van der Waals surface area contributed by atoms with Crippen LogP contribution in [-0.4, -0.2) is 42.1 Å². The summed E-state index contributed by atoms with van der Waals surface area (Å²) in [5.74, 6) is 0.360. The molecule has 0 unspecified atom stereocenters. The zero-order valence-corrected chi connectivity index (χ0v) is 16.8. The molecule has 0 spiro atoms. The summed E-state index contributed by atoms with van der Waals surface area (Å²) >= 11 is 0. The number of carbonyl (C=O) groups is 1. The summed E-state index contributed by atoms with van der Waals surface area (Å²) in [5, 5.41) is 2.50. The first-order valence-corrected chi connectivity index (χ1v) is 10.1. The number of pyridine rings is 1. The Hall–Kier alpha value is -2.74. The van der Waals surface area contributed by atoms with E-state index in [2.05, 4.69) is 22.1 Å². The normalized spacial score (nSPS) is 17.9. The molecule has 6 nitrogen and oxygen atoms in total. The number of ether oxygens (including phenoxy) is 2. The highest BCUT2D eigenvalue weighted by molar-refractivity contribution is 5.79. The maximum atomic E-state index is 12.8. The van der Waals surface area contributed by atoms with E-state index < -0.39 is 18.4 Å². The quantitative estimate of drug-likeness (QED) is 0.780. The second kappa shape index (κ2) is 8.95. The van der Waals surface area contributed by atoms with E-state index in [1.54, 1.807) is 24.4 Å². The average molecular weight is 417 g/mol. The number of nitrogens with zero attached hydrogens (tertiary/aromatic N) is 2. The van der Waals surface area contributed by atoms with Crippen molar-refractivity contribution in [2.24, 2.45) is 5.92 Å². The van der Waals surface area contributed by atoms with Crippen LogP contribution < -0.4 is 14.8 Å². The van der Waals surface area contributed by atoms with E-state index in [4.69, 9.17) is 9.47 Å². The van der Waals surface area contributed by atoms with E-state index in [1.807, 2.05) is 12.1 Å². The summed E-state index contributed by atoms with van der Waals surface area (Å²) < 4.78 is 36.6. The Morgan fingerprint density at radius 2 is 1.97 bits per heavy atom. The second-order valence-corrected chi connectivity index (χ2v) is 7.79. The fourth-order valence-electron chi connectivity index (χ4n) is 4.15. The summed E-state index contributed by atoms with van der Waals surface area (Å²) in [5.41, 5.74) is 2.96. The van der Waals surface area contributed by atoms with Crippen LogP contribution in [0.5, 0.6) is 11.5 Å². The Bertz CT molecular complexity index is 887. The minimum atomic E-state index is -3.04. The van der Waals surface area contributed by atoms with Gasteiger partial charge in [0.05, 0.1) is 11.7 Å². The minimum Gasteiger partial charge on any atom is -0.454 e. The van der Waals surface area contributed by atoms with E-state index in [0.717, 1.165) is 49.5 Å². The van der Waals surface area contributed by atoms with E-state index in [0.29, 0.717) is 5.69 Å². The van der Waals surface area contributed by atoms with Gasteiger partial charge in [0.2, 0.25) is 6.79 Å². The highest BCUT2D eigenvalue weighted by atomic mass is 19.3. The molecule has 2 aliphatic rings. The molecule has 1 aromatic carbocycles. The Labute approximate surface area is 174 Å². The number of carbonyl (C=O) groups excluding carboxylic acids is 1. The summed E-state index contributed by atoms with van der Waals surface area (Å²) in [7, 11) is 0. The molecule has 1 amide bonds. The van der Waals surface area contributed by atoms with Gasteiger partial charge in [-0.2, -0.15) is 8.78 Å². The molecule has 3 heterocycles. The third-order valence-electron chi connectivity index (χ3n) is 5.83. The monoisotopic (exact) mass is 417 g/mol. The highest BCUT2D eigenvalue weighted by Gasteiger charge is 2.31. The predicted molar refractivity (Wildman–Crippen MR) is 106 cm³/mol. The molecule has 2 aromatic rings. The molecule has 2 aliphatic heterocycles. The van der Waals surface area contributed by atoms with Crippen molar-refractivity contribution < 1.29 is 23.0 Å². The number of aryl methyl sites for hydroxylation is 1. The SMILES string of the molecule is Cc1cc2c(cc1CN1CCC([C@@H](NC(=O)C(F)F)c3ccccn3)CC1)OCO2. The number of alkyl halides is 2. The van der Waals surface area contributed by atoms with Gasteiger partial charge in [-0.05, 0) is 74.2 Å². The number of amides is 1. The van der Waals surface area contributed by atoms with E-state index in [-0.39, 0.29) is 12.7 Å². The van der Waals surface area contributed by atoms with Crippen molar-refractivity contribution >= 4 is 5.91 Å². The first-order chi connectivity index (χ1) is 14.5. The van der Waals surface area contributed by atoms with Gasteiger partial charge >= 0.3 is 6.43 Å². The smallest absolute Gasteiger partial charge is 0.315 e. The molecule has 30 heavy (non-hydrogen) atoms. The third kappa shape index (κ3) is 4.53. The van der Waals surface area contributed by atoms with Gasteiger partial charge < -0.3 is 14.8 Å². The van der Waals surface area contributed by atoms with Crippen molar-refractivity contribution in [3.63, 3.8) is 0 Å². The van der Waals surface area contributed by atoms with Crippen molar-refractivity contribution in [3.8, 4) is 11.5 Å². The molecule has 0 aliphatic carbocycles. The fourth-order valence-corrected chi connectivity index (χ4v) is 4.15.